The molecule has 0 saturated carbocycles. The molecule has 2 aromatic rings. The van der Waals surface area contributed by atoms with Gasteiger partial charge >= 0.3 is 5.97 Å². The molecule has 1 heterocycles. The van der Waals surface area contributed by atoms with Crippen LogP contribution in [0.15, 0.2) is 22.6 Å². The van der Waals surface area contributed by atoms with Crippen molar-refractivity contribution in [2.24, 2.45) is 0 Å². The van der Waals surface area contributed by atoms with Crippen LogP contribution < -0.4 is 4.74 Å². The fourth-order valence-electron chi connectivity index (χ4n) is 1.63. The number of aromatic nitrogens is 1. The summed E-state index contributed by atoms with van der Waals surface area (Å²) in [6.45, 7) is 2.17. The number of fused-ring (bicyclic) bond motifs is 1. The lowest BCUT2D eigenvalue weighted by Gasteiger charge is -1.98. The van der Waals surface area contributed by atoms with Crippen molar-refractivity contribution in [3.8, 4) is 5.75 Å². The highest BCUT2D eigenvalue weighted by atomic mass is 16.5. The Morgan fingerprint density at radius 1 is 1.44 bits per heavy atom. The van der Waals surface area contributed by atoms with Crippen molar-refractivity contribution in [3.05, 3.63) is 24.1 Å². The average molecular weight is 249 g/mol. The van der Waals surface area contributed by atoms with E-state index >= 15 is 0 Å². The van der Waals surface area contributed by atoms with E-state index in [1.165, 1.54) is 0 Å². The first-order valence-electron chi connectivity index (χ1n) is 5.82. The number of nitrogens with zero attached hydrogens (tertiary/aromatic N) is 1. The lowest BCUT2D eigenvalue weighted by atomic mass is 10.3. The summed E-state index contributed by atoms with van der Waals surface area (Å²) in [5.41, 5.74) is 1.42. The van der Waals surface area contributed by atoms with E-state index in [0.29, 0.717) is 24.5 Å². The van der Waals surface area contributed by atoms with E-state index in [9.17, 15) is 4.79 Å². The number of methoxy groups -OCH3 is 1. The van der Waals surface area contributed by atoms with Crippen LogP contribution in [0.4, 0.5) is 0 Å². The smallest absolute Gasteiger partial charge is 0.306 e. The maximum atomic E-state index is 11.2. The minimum absolute atomic E-state index is 0.239. The SMILES string of the molecule is CCOC(=O)CCc1nc2ccc(OC)cc2o1. The van der Waals surface area contributed by atoms with Gasteiger partial charge in [0.15, 0.2) is 11.5 Å². The molecule has 0 aliphatic rings. The van der Waals surface area contributed by atoms with Crippen molar-refractivity contribution >= 4 is 17.1 Å². The number of carbonyl (C=O) groups is 1. The molecule has 0 fully saturated rings. The quantitative estimate of drug-likeness (QED) is 0.761. The van der Waals surface area contributed by atoms with Crippen molar-refractivity contribution < 1.29 is 18.7 Å². The molecular weight excluding hydrogens is 234 g/mol. The van der Waals surface area contributed by atoms with Crippen molar-refractivity contribution in [1.29, 1.82) is 0 Å². The Labute approximate surface area is 105 Å². The van der Waals surface area contributed by atoms with E-state index in [1.807, 2.05) is 12.1 Å². The highest BCUT2D eigenvalue weighted by Crippen LogP contribution is 2.21. The van der Waals surface area contributed by atoms with Crippen molar-refractivity contribution in [2.45, 2.75) is 19.8 Å². The third kappa shape index (κ3) is 2.80. The molecule has 2 rings (SSSR count). The molecule has 1 aromatic carbocycles. The molecule has 0 spiro atoms. The zero-order valence-electron chi connectivity index (χ0n) is 10.4. The van der Waals surface area contributed by atoms with Gasteiger partial charge in [-0.3, -0.25) is 4.79 Å². The Morgan fingerprint density at radius 3 is 3.00 bits per heavy atom. The van der Waals surface area contributed by atoms with Crippen LogP contribution in [0.25, 0.3) is 11.1 Å². The first kappa shape index (κ1) is 12.4. The van der Waals surface area contributed by atoms with Gasteiger partial charge < -0.3 is 13.9 Å². The molecule has 0 radical (unpaired) electrons. The molecule has 0 aliphatic heterocycles. The molecule has 0 aliphatic carbocycles. The minimum atomic E-state index is -0.239. The number of oxazole rings is 1. The zero-order valence-corrected chi connectivity index (χ0v) is 10.4. The largest absolute Gasteiger partial charge is 0.497 e. The Balaban J connectivity index is 2.08. The van der Waals surface area contributed by atoms with E-state index in [2.05, 4.69) is 4.98 Å². The molecule has 0 amide bonds. The van der Waals surface area contributed by atoms with Crippen LogP contribution in [0.1, 0.15) is 19.2 Å². The van der Waals surface area contributed by atoms with E-state index < -0.39 is 0 Å². The summed E-state index contributed by atoms with van der Waals surface area (Å²) in [6, 6.07) is 5.42. The van der Waals surface area contributed by atoms with Gasteiger partial charge in [0.25, 0.3) is 0 Å². The van der Waals surface area contributed by atoms with E-state index in [1.54, 1.807) is 20.1 Å². The number of esters is 1. The molecule has 18 heavy (non-hydrogen) atoms. The Kier molecular flexibility index (Phi) is 3.82. The Bertz CT molecular complexity index is 547. The normalized spacial score (nSPS) is 10.6. The number of rotatable bonds is 5. The topological polar surface area (TPSA) is 61.6 Å². The number of carbonyl (C=O) groups excluding carboxylic acids is 1. The maximum absolute atomic E-state index is 11.2. The second-order valence-corrected chi connectivity index (χ2v) is 3.75. The molecule has 1 aromatic heterocycles. The summed E-state index contributed by atoms with van der Waals surface area (Å²) in [7, 11) is 1.60. The molecular formula is C13H15NO4. The van der Waals surface area contributed by atoms with Crippen LogP contribution in [0.5, 0.6) is 5.75 Å². The van der Waals surface area contributed by atoms with Gasteiger partial charge in [0.1, 0.15) is 11.3 Å². The summed E-state index contributed by atoms with van der Waals surface area (Å²) in [5, 5.41) is 0. The predicted molar refractivity (Wildman–Crippen MR) is 65.5 cm³/mol. The molecule has 5 heteroatoms. The zero-order chi connectivity index (χ0) is 13.0. The number of ether oxygens (including phenoxy) is 2. The van der Waals surface area contributed by atoms with Gasteiger partial charge in [-0.25, -0.2) is 4.98 Å². The van der Waals surface area contributed by atoms with Gasteiger partial charge in [0, 0.05) is 12.5 Å². The molecule has 0 N–H and O–H groups in total. The van der Waals surface area contributed by atoms with Crippen LogP contribution >= 0.6 is 0 Å². The molecule has 0 bridgehead atoms. The fraction of sp³-hybridized carbons (Fsp3) is 0.385. The van der Waals surface area contributed by atoms with Crippen LogP contribution in [-0.4, -0.2) is 24.7 Å². The lowest BCUT2D eigenvalue weighted by molar-refractivity contribution is -0.143. The van der Waals surface area contributed by atoms with Crippen LogP contribution in [0.3, 0.4) is 0 Å². The first-order chi connectivity index (χ1) is 8.72. The molecule has 96 valence electrons. The van der Waals surface area contributed by atoms with Gasteiger partial charge in [-0.2, -0.15) is 0 Å². The monoisotopic (exact) mass is 249 g/mol. The molecule has 5 nitrogen and oxygen atoms in total. The summed E-state index contributed by atoms with van der Waals surface area (Å²) < 4.78 is 15.5. The van der Waals surface area contributed by atoms with Gasteiger partial charge in [0.2, 0.25) is 0 Å². The summed E-state index contributed by atoms with van der Waals surface area (Å²) >= 11 is 0. The second-order valence-electron chi connectivity index (χ2n) is 3.75. The fourth-order valence-corrected chi connectivity index (χ4v) is 1.63. The standard InChI is InChI=1S/C13H15NO4/c1-3-17-13(15)7-6-12-14-10-5-4-9(16-2)8-11(10)18-12/h4-5,8H,3,6-7H2,1-2H3. The Morgan fingerprint density at radius 2 is 2.28 bits per heavy atom. The van der Waals surface area contributed by atoms with Gasteiger partial charge in [-0.05, 0) is 19.1 Å². The molecule has 0 saturated heterocycles. The third-order valence-corrected chi connectivity index (χ3v) is 2.49. The number of benzene rings is 1. The number of hydrogen-bond acceptors (Lipinski definition) is 5. The molecule has 0 atom stereocenters. The van der Waals surface area contributed by atoms with Crippen LogP contribution in [0.2, 0.25) is 0 Å². The van der Waals surface area contributed by atoms with E-state index in [0.717, 1.165) is 11.3 Å². The van der Waals surface area contributed by atoms with E-state index in [4.69, 9.17) is 13.9 Å². The first-order valence-corrected chi connectivity index (χ1v) is 5.82. The Hall–Kier alpha value is -2.04. The van der Waals surface area contributed by atoms with Gasteiger partial charge in [-0.1, -0.05) is 0 Å². The maximum Gasteiger partial charge on any atom is 0.306 e. The predicted octanol–water partition coefficient (Wildman–Crippen LogP) is 2.33. The average Bonchev–Trinajstić information content (AvgIpc) is 2.78. The summed E-state index contributed by atoms with van der Waals surface area (Å²) in [4.78, 5) is 15.5. The second kappa shape index (κ2) is 5.53. The summed E-state index contributed by atoms with van der Waals surface area (Å²) in [5.74, 6) is 1.01. The number of hydrogen-bond donors (Lipinski definition) is 0. The summed E-state index contributed by atoms with van der Waals surface area (Å²) in [6.07, 6.45) is 0.716. The van der Waals surface area contributed by atoms with Crippen molar-refractivity contribution in [1.82, 2.24) is 4.98 Å². The van der Waals surface area contributed by atoms with Crippen LogP contribution in [0, 0.1) is 0 Å². The highest BCUT2D eigenvalue weighted by molar-refractivity contribution is 5.74. The molecule has 0 unspecified atom stereocenters. The lowest BCUT2D eigenvalue weighted by Crippen LogP contribution is -2.05. The highest BCUT2D eigenvalue weighted by Gasteiger charge is 2.09. The third-order valence-electron chi connectivity index (χ3n) is 2.49. The van der Waals surface area contributed by atoms with Gasteiger partial charge in [0.05, 0.1) is 20.1 Å². The number of aryl methyl sites for hydroxylation is 1. The minimum Gasteiger partial charge on any atom is -0.497 e. The van der Waals surface area contributed by atoms with Gasteiger partial charge in [-0.15, -0.1) is 0 Å². The van der Waals surface area contributed by atoms with Crippen molar-refractivity contribution in [3.63, 3.8) is 0 Å². The van der Waals surface area contributed by atoms with Crippen LogP contribution in [-0.2, 0) is 16.0 Å². The van der Waals surface area contributed by atoms with Crippen molar-refractivity contribution in [2.75, 3.05) is 13.7 Å². The van der Waals surface area contributed by atoms with E-state index in [-0.39, 0.29) is 12.4 Å².